The summed E-state index contributed by atoms with van der Waals surface area (Å²) in [6, 6.07) is 15.3. The van der Waals surface area contributed by atoms with Crippen LogP contribution in [0.5, 0.6) is 11.5 Å². The fraction of sp³-hybridized carbons (Fsp3) is 0.227. The van der Waals surface area contributed by atoms with Crippen LogP contribution >= 0.6 is 11.6 Å². The zero-order valence-corrected chi connectivity index (χ0v) is 16.5. The highest BCUT2D eigenvalue weighted by Crippen LogP contribution is 2.34. The van der Waals surface area contributed by atoms with E-state index in [-0.39, 0.29) is 12.8 Å². The highest BCUT2D eigenvalue weighted by molar-refractivity contribution is 6.30. The highest BCUT2D eigenvalue weighted by atomic mass is 35.5. The quantitative estimate of drug-likeness (QED) is 0.564. The van der Waals surface area contributed by atoms with Gasteiger partial charge in [-0.25, -0.2) is 4.79 Å². The Balaban J connectivity index is 1.77. The van der Waals surface area contributed by atoms with Crippen LogP contribution in [0.2, 0.25) is 5.02 Å². The lowest BCUT2D eigenvalue weighted by atomic mass is 10.1. The third-order valence-electron chi connectivity index (χ3n) is 4.78. The van der Waals surface area contributed by atoms with Gasteiger partial charge >= 0.3 is 5.97 Å². The molecular weight excluding hydrogens is 378 g/mol. The highest BCUT2D eigenvalue weighted by Gasteiger charge is 2.20. The van der Waals surface area contributed by atoms with Crippen molar-refractivity contribution in [2.24, 2.45) is 0 Å². The SMILES string of the molecule is CCOC(=O)c1cc(-c2ccc(Cl)cc2)n(Cc2ccc3c(c2)OCO3)c1C. The van der Waals surface area contributed by atoms with E-state index in [1.807, 2.05) is 55.5 Å². The summed E-state index contributed by atoms with van der Waals surface area (Å²) < 4.78 is 18.2. The maximum atomic E-state index is 12.4. The lowest BCUT2D eigenvalue weighted by Gasteiger charge is -2.13. The minimum Gasteiger partial charge on any atom is -0.462 e. The minimum atomic E-state index is -0.320. The van der Waals surface area contributed by atoms with Gasteiger partial charge < -0.3 is 18.8 Å². The first kappa shape index (κ1) is 18.4. The van der Waals surface area contributed by atoms with Crippen LogP contribution in [-0.4, -0.2) is 23.9 Å². The van der Waals surface area contributed by atoms with Crippen LogP contribution in [-0.2, 0) is 11.3 Å². The van der Waals surface area contributed by atoms with Crippen LogP contribution in [0.25, 0.3) is 11.3 Å². The molecule has 0 radical (unpaired) electrons. The number of aromatic nitrogens is 1. The largest absolute Gasteiger partial charge is 0.462 e. The zero-order chi connectivity index (χ0) is 19.7. The minimum absolute atomic E-state index is 0.240. The van der Waals surface area contributed by atoms with Gasteiger partial charge in [0.05, 0.1) is 12.2 Å². The summed E-state index contributed by atoms with van der Waals surface area (Å²) in [5, 5.41) is 0.667. The molecule has 0 saturated carbocycles. The number of carbonyl (C=O) groups is 1. The van der Waals surface area contributed by atoms with E-state index in [0.717, 1.165) is 34.0 Å². The Bertz CT molecular complexity index is 1020. The van der Waals surface area contributed by atoms with Gasteiger partial charge in [-0.15, -0.1) is 0 Å². The molecule has 5 nitrogen and oxygen atoms in total. The van der Waals surface area contributed by atoms with Crippen LogP contribution in [0.15, 0.2) is 48.5 Å². The summed E-state index contributed by atoms with van der Waals surface area (Å²) in [5.41, 5.74) is 4.36. The number of carbonyl (C=O) groups excluding carboxylic acids is 1. The molecule has 3 aromatic rings. The molecule has 6 heteroatoms. The summed E-state index contributed by atoms with van der Waals surface area (Å²) in [4.78, 5) is 12.4. The van der Waals surface area contributed by atoms with Crippen LogP contribution in [0.1, 0.15) is 28.5 Å². The number of esters is 1. The normalized spacial score (nSPS) is 12.2. The fourth-order valence-corrected chi connectivity index (χ4v) is 3.47. The van der Waals surface area contributed by atoms with Gasteiger partial charge in [0.1, 0.15) is 0 Å². The summed E-state index contributed by atoms with van der Waals surface area (Å²) in [5.74, 6) is 1.17. The van der Waals surface area contributed by atoms with Crippen molar-refractivity contribution < 1.29 is 19.0 Å². The van der Waals surface area contributed by atoms with Crippen molar-refractivity contribution in [2.45, 2.75) is 20.4 Å². The van der Waals surface area contributed by atoms with Crippen molar-refractivity contribution in [1.29, 1.82) is 0 Å². The van der Waals surface area contributed by atoms with Crippen molar-refractivity contribution in [3.8, 4) is 22.8 Å². The molecule has 0 spiro atoms. The second-order valence-electron chi connectivity index (χ2n) is 6.53. The summed E-state index contributed by atoms with van der Waals surface area (Å²) in [6.07, 6.45) is 0. The first-order valence-corrected chi connectivity index (χ1v) is 9.46. The molecule has 0 bridgehead atoms. The van der Waals surface area contributed by atoms with Gasteiger partial charge in [0.25, 0.3) is 0 Å². The van der Waals surface area contributed by atoms with E-state index in [4.69, 9.17) is 25.8 Å². The van der Waals surface area contributed by atoms with E-state index in [1.54, 1.807) is 6.92 Å². The molecule has 0 aliphatic carbocycles. The molecule has 1 aromatic heterocycles. The number of fused-ring (bicyclic) bond motifs is 1. The van der Waals surface area contributed by atoms with Gasteiger partial charge in [0.15, 0.2) is 11.5 Å². The molecule has 0 unspecified atom stereocenters. The summed E-state index contributed by atoms with van der Waals surface area (Å²) in [6.45, 7) is 4.89. The zero-order valence-electron chi connectivity index (χ0n) is 15.7. The predicted octanol–water partition coefficient (Wildman–Crippen LogP) is 5.07. The average Bonchev–Trinajstić information content (AvgIpc) is 3.28. The van der Waals surface area contributed by atoms with Gasteiger partial charge in [-0.3, -0.25) is 0 Å². The molecule has 0 saturated heterocycles. The van der Waals surface area contributed by atoms with Gasteiger partial charge in [-0.2, -0.15) is 0 Å². The van der Waals surface area contributed by atoms with E-state index in [1.165, 1.54) is 0 Å². The number of hydrogen-bond donors (Lipinski definition) is 0. The first-order chi connectivity index (χ1) is 13.6. The van der Waals surface area contributed by atoms with Crippen molar-refractivity contribution in [1.82, 2.24) is 4.57 Å². The van der Waals surface area contributed by atoms with Crippen molar-refractivity contribution in [2.75, 3.05) is 13.4 Å². The Hall–Kier alpha value is -2.92. The smallest absolute Gasteiger partial charge is 0.339 e. The molecule has 144 valence electrons. The van der Waals surface area contributed by atoms with Crippen molar-refractivity contribution >= 4 is 17.6 Å². The van der Waals surface area contributed by atoms with Crippen LogP contribution in [0, 0.1) is 6.92 Å². The molecule has 1 aliphatic rings. The van der Waals surface area contributed by atoms with E-state index in [9.17, 15) is 4.79 Å². The molecule has 28 heavy (non-hydrogen) atoms. The number of nitrogens with zero attached hydrogens (tertiary/aromatic N) is 1. The second kappa shape index (κ2) is 7.60. The summed E-state index contributed by atoms with van der Waals surface area (Å²) in [7, 11) is 0. The number of halogens is 1. The van der Waals surface area contributed by atoms with Crippen LogP contribution < -0.4 is 9.47 Å². The molecule has 0 atom stereocenters. The standard InChI is InChI=1S/C22H20ClNO4/c1-3-26-22(25)18-11-19(16-5-7-17(23)8-6-16)24(14(18)2)12-15-4-9-20-21(10-15)28-13-27-20/h4-11H,3,12-13H2,1-2H3. The summed E-state index contributed by atoms with van der Waals surface area (Å²) >= 11 is 6.04. The monoisotopic (exact) mass is 397 g/mol. The second-order valence-corrected chi connectivity index (χ2v) is 6.97. The number of rotatable bonds is 5. The molecule has 0 amide bonds. The Morgan fingerprint density at radius 1 is 1.11 bits per heavy atom. The van der Waals surface area contributed by atoms with Gasteiger partial charge in [-0.05, 0) is 55.3 Å². The predicted molar refractivity (Wildman–Crippen MR) is 107 cm³/mol. The first-order valence-electron chi connectivity index (χ1n) is 9.08. The molecule has 0 N–H and O–H groups in total. The maximum Gasteiger partial charge on any atom is 0.339 e. The maximum absolute atomic E-state index is 12.4. The lowest BCUT2D eigenvalue weighted by Crippen LogP contribution is -2.08. The van der Waals surface area contributed by atoms with Crippen LogP contribution in [0.4, 0.5) is 0 Å². The third kappa shape index (κ3) is 3.45. The van der Waals surface area contributed by atoms with Gasteiger partial charge in [0, 0.05) is 23.0 Å². The molecule has 4 rings (SSSR count). The van der Waals surface area contributed by atoms with Gasteiger partial charge in [0.2, 0.25) is 6.79 Å². The topological polar surface area (TPSA) is 49.7 Å². The number of ether oxygens (including phenoxy) is 3. The Labute approximate surface area is 168 Å². The third-order valence-corrected chi connectivity index (χ3v) is 5.03. The van der Waals surface area contributed by atoms with E-state index < -0.39 is 0 Å². The fourth-order valence-electron chi connectivity index (χ4n) is 3.35. The number of hydrogen-bond acceptors (Lipinski definition) is 4. The Morgan fingerprint density at radius 3 is 2.61 bits per heavy atom. The van der Waals surface area contributed by atoms with Crippen molar-refractivity contribution in [3.05, 3.63) is 70.4 Å². The Kier molecular flexibility index (Phi) is 5.01. The Morgan fingerprint density at radius 2 is 1.86 bits per heavy atom. The van der Waals surface area contributed by atoms with E-state index in [2.05, 4.69) is 4.57 Å². The van der Waals surface area contributed by atoms with E-state index >= 15 is 0 Å². The molecule has 2 aromatic carbocycles. The average molecular weight is 398 g/mol. The number of benzene rings is 2. The molecule has 0 fully saturated rings. The molecule has 2 heterocycles. The van der Waals surface area contributed by atoms with E-state index in [0.29, 0.717) is 23.7 Å². The molecule has 1 aliphatic heterocycles. The van der Waals surface area contributed by atoms with Gasteiger partial charge in [-0.1, -0.05) is 29.8 Å². The van der Waals surface area contributed by atoms with Crippen LogP contribution in [0.3, 0.4) is 0 Å². The van der Waals surface area contributed by atoms with Crippen molar-refractivity contribution in [3.63, 3.8) is 0 Å². The lowest BCUT2D eigenvalue weighted by molar-refractivity contribution is 0.0525. The molecular formula is C22H20ClNO4.